The summed E-state index contributed by atoms with van der Waals surface area (Å²) in [5, 5.41) is 9.94. The van der Waals surface area contributed by atoms with Crippen LogP contribution in [0.2, 0.25) is 0 Å². The van der Waals surface area contributed by atoms with E-state index in [4.69, 9.17) is 14.2 Å². The van der Waals surface area contributed by atoms with Crippen LogP contribution in [0.1, 0.15) is 0 Å². The average molecular weight is 325 g/mol. The van der Waals surface area contributed by atoms with E-state index < -0.39 is 6.10 Å². The van der Waals surface area contributed by atoms with Gasteiger partial charge in [0, 0.05) is 25.7 Å². The first-order chi connectivity index (χ1) is 11.2. The van der Waals surface area contributed by atoms with Crippen LogP contribution in [0.4, 0.5) is 4.39 Å². The van der Waals surface area contributed by atoms with Gasteiger partial charge < -0.3 is 19.3 Å². The third kappa shape index (κ3) is 6.66. The Kier molecular flexibility index (Phi) is 7.48. The van der Waals surface area contributed by atoms with E-state index in [9.17, 15) is 9.50 Å². The Balaban J connectivity index is 1.71. The maximum absolute atomic E-state index is 13.1. The molecular weight excluding hydrogens is 301 g/mol. The van der Waals surface area contributed by atoms with Gasteiger partial charge >= 0.3 is 0 Å². The van der Waals surface area contributed by atoms with Gasteiger partial charge in [-0.3, -0.25) is 4.90 Å². The molecule has 1 aliphatic heterocycles. The van der Waals surface area contributed by atoms with Gasteiger partial charge in [0.25, 0.3) is 0 Å². The van der Waals surface area contributed by atoms with Crippen LogP contribution in [0.15, 0.2) is 36.9 Å². The minimum Gasteiger partial charge on any atom is -0.491 e. The molecular formula is C17H24FNO4. The summed E-state index contributed by atoms with van der Waals surface area (Å²) in [7, 11) is 0. The molecule has 1 fully saturated rings. The number of β-amino-alcohol motifs (C(OH)–C–C–N with tert-alkyl or cyclic N) is 1. The summed E-state index contributed by atoms with van der Waals surface area (Å²) < 4.78 is 29.6. The Morgan fingerprint density at radius 2 is 2.39 bits per heavy atom. The Bertz CT molecular complexity index is 485. The number of aliphatic hydroxyl groups excluding tert-OH is 1. The SMILES string of the molecule is C=CCOC[C@@H](O)CN1CCO[C@H](COc2cccc(F)c2)C1. The van der Waals surface area contributed by atoms with E-state index in [1.54, 1.807) is 18.2 Å². The highest BCUT2D eigenvalue weighted by molar-refractivity contribution is 5.22. The van der Waals surface area contributed by atoms with Crippen molar-refractivity contribution >= 4 is 0 Å². The molecule has 0 bridgehead atoms. The lowest BCUT2D eigenvalue weighted by Crippen LogP contribution is -2.48. The van der Waals surface area contributed by atoms with Gasteiger partial charge in [-0.1, -0.05) is 12.1 Å². The molecule has 1 saturated heterocycles. The summed E-state index contributed by atoms with van der Waals surface area (Å²) in [6.07, 6.45) is 1.01. The third-order valence-corrected chi connectivity index (χ3v) is 3.47. The number of ether oxygens (including phenoxy) is 3. The quantitative estimate of drug-likeness (QED) is 0.550. The largest absolute Gasteiger partial charge is 0.491 e. The van der Waals surface area contributed by atoms with Gasteiger partial charge in [0.2, 0.25) is 0 Å². The molecule has 1 aliphatic rings. The first kappa shape index (κ1) is 17.9. The highest BCUT2D eigenvalue weighted by Gasteiger charge is 2.23. The van der Waals surface area contributed by atoms with Crippen molar-refractivity contribution in [2.45, 2.75) is 12.2 Å². The highest BCUT2D eigenvalue weighted by Crippen LogP contribution is 2.14. The molecule has 0 aliphatic carbocycles. The van der Waals surface area contributed by atoms with Crippen molar-refractivity contribution in [3.05, 3.63) is 42.7 Å². The summed E-state index contributed by atoms with van der Waals surface area (Å²) in [5.74, 6) is 0.167. The Labute approximate surface area is 136 Å². The Hall–Kier alpha value is -1.47. The molecule has 2 rings (SSSR count). The van der Waals surface area contributed by atoms with E-state index in [2.05, 4.69) is 11.5 Å². The zero-order chi connectivity index (χ0) is 16.5. The zero-order valence-electron chi connectivity index (χ0n) is 13.2. The summed E-state index contributed by atoms with van der Waals surface area (Å²) in [6.45, 7) is 7.16. The smallest absolute Gasteiger partial charge is 0.126 e. The number of halogens is 1. The summed E-state index contributed by atoms with van der Waals surface area (Å²) in [6, 6.07) is 6.05. The van der Waals surface area contributed by atoms with Gasteiger partial charge in [-0.25, -0.2) is 4.39 Å². The van der Waals surface area contributed by atoms with Crippen LogP contribution in [0.25, 0.3) is 0 Å². The number of hydrogen-bond acceptors (Lipinski definition) is 5. The predicted octanol–water partition coefficient (Wildman–Crippen LogP) is 1.47. The van der Waals surface area contributed by atoms with E-state index in [-0.39, 0.29) is 18.5 Å². The first-order valence-corrected chi connectivity index (χ1v) is 7.76. The lowest BCUT2D eigenvalue weighted by Gasteiger charge is -2.33. The van der Waals surface area contributed by atoms with Crippen molar-refractivity contribution in [2.24, 2.45) is 0 Å². The van der Waals surface area contributed by atoms with Crippen molar-refractivity contribution in [2.75, 3.05) is 46.1 Å². The summed E-state index contributed by atoms with van der Waals surface area (Å²) in [4.78, 5) is 2.12. The minimum absolute atomic E-state index is 0.103. The molecule has 1 aromatic carbocycles. The van der Waals surface area contributed by atoms with Crippen molar-refractivity contribution in [3.63, 3.8) is 0 Å². The van der Waals surface area contributed by atoms with Crippen LogP contribution >= 0.6 is 0 Å². The second-order valence-corrected chi connectivity index (χ2v) is 5.50. The molecule has 23 heavy (non-hydrogen) atoms. The van der Waals surface area contributed by atoms with E-state index >= 15 is 0 Å². The van der Waals surface area contributed by atoms with Crippen LogP contribution in [-0.2, 0) is 9.47 Å². The summed E-state index contributed by atoms with van der Waals surface area (Å²) in [5.41, 5.74) is 0. The maximum Gasteiger partial charge on any atom is 0.126 e. The minimum atomic E-state index is -0.544. The standard InChI is InChI=1S/C17H24FNO4/c1-2-7-21-12-15(20)10-19-6-8-22-17(11-19)13-23-16-5-3-4-14(18)9-16/h2-5,9,15,17,20H,1,6-8,10-13H2/t15-,17-/m0/s1. The molecule has 0 spiro atoms. The van der Waals surface area contributed by atoms with Crippen molar-refractivity contribution in [1.82, 2.24) is 4.90 Å². The molecule has 1 aromatic rings. The van der Waals surface area contributed by atoms with E-state index in [1.807, 2.05) is 0 Å². The number of nitrogens with zero attached hydrogens (tertiary/aromatic N) is 1. The van der Waals surface area contributed by atoms with Gasteiger partial charge in [0.05, 0.1) is 25.9 Å². The van der Waals surface area contributed by atoms with Crippen molar-refractivity contribution in [1.29, 1.82) is 0 Å². The zero-order valence-corrected chi connectivity index (χ0v) is 13.2. The lowest BCUT2D eigenvalue weighted by atomic mass is 10.2. The topological polar surface area (TPSA) is 51.2 Å². The third-order valence-electron chi connectivity index (χ3n) is 3.47. The molecule has 1 N–H and O–H groups in total. The number of benzene rings is 1. The average Bonchev–Trinajstić information content (AvgIpc) is 2.54. The number of hydrogen-bond donors (Lipinski definition) is 1. The first-order valence-electron chi connectivity index (χ1n) is 7.76. The molecule has 0 radical (unpaired) electrons. The van der Waals surface area contributed by atoms with Crippen LogP contribution in [0, 0.1) is 5.82 Å². The molecule has 0 unspecified atom stereocenters. The van der Waals surface area contributed by atoms with Crippen LogP contribution in [0.3, 0.4) is 0 Å². The Morgan fingerprint density at radius 3 is 3.17 bits per heavy atom. The van der Waals surface area contributed by atoms with Gasteiger partial charge in [0.1, 0.15) is 24.3 Å². The van der Waals surface area contributed by atoms with Crippen molar-refractivity contribution in [3.8, 4) is 5.75 Å². The number of morpholine rings is 1. The number of aliphatic hydroxyl groups is 1. The van der Waals surface area contributed by atoms with Crippen LogP contribution < -0.4 is 4.74 Å². The fraction of sp³-hybridized carbons (Fsp3) is 0.529. The van der Waals surface area contributed by atoms with E-state index in [0.29, 0.717) is 38.7 Å². The molecule has 128 valence electrons. The van der Waals surface area contributed by atoms with Gasteiger partial charge in [-0.15, -0.1) is 6.58 Å². The number of rotatable bonds is 9. The fourth-order valence-corrected chi connectivity index (χ4v) is 2.43. The molecule has 0 amide bonds. The molecule has 2 atom stereocenters. The second-order valence-electron chi connectivity index (χ2n) is 5.50. The second kappa shape index (κ2) is 9.62. The molecule has 0 aromatic heterocycles. The Morgan fingerprint density at radius 1 is 1.52 bits per heavy atom. The predicted molar refractivity (Wildman–Crippen MR) is 85.1 cm³/mol. The van der Waals surface area contributed by atoms with E-state index in [1.165, 1.54) is 12.1 Å². The monoisotopic (exact) mass is 325 g/mol. The summed E-state index contributed by atoms with van der Waals surface area (Å²) >= 11 is 0. The lowest BCUT2D eigenvalue weighted by molar-refractivity contribution is -0.0636. The molecule has 1 heterocycles. The van der Waals surface area contributed by atoms with Gasteiger partial charge in [-0.05, 0) is 12.1 Å². The van der Waals surface area contributed by atoms with Crippen molar-refractivity contribution < 1.29 is 23.7 Å². The normalized spacial score (nSPS) is 20.2. The van der Waals surface area contributed by atoms with Crippen LogP contribution in [0.5, 0.6) is 5.75 Å². The molecule has 0 saturated carbocycles. The van der Waals surface area contributed by atoms with Gasteiger partial charge in [0.15, 0.2) is 0 Å². The fourth-order valence-electron chi connectivity index (χ4n) is 2.43. The van der Waals surface area contributed by atoms with E-state index in [0.717, 1.165) is 6.54 Å². The van der Waals surface area contributed by atoms with Crippen LogP contribution in [-0.4, -0.2) is 68.3 Å². The highest BCUT2D eigenvalue weighted by atomic mass is 19.1. The molecule has 5 nitrogen and oxygen atoms in total. The molecule has 6 heteroatoms. The van der Waals surface area contributed by atoms with Gasteiger partial charge in [-0.2, -0.15) is 0 Å². The maximum atomic E-state index is 13.1.